The van der Waals surface area contributed by atoms with E-state index in [1.165, 1.54) is 16.8 Å². The molecule has 0 unspecified atom stereocenters. The van der Waals surface area contributed by atoms with Gasteiger partial charge in [0.15, 0.2) is 0 Å². The molecule has 1 aromatic heterocycles. The van der Waals surface area contributed by atoms with Crippen LogP contribution in [-0.2, 0) is 23.9 Å². The van der Waals surface area contributed by atoms with E-state index < -0.39 is 66.1 Å². The molecule has 0 aliphatic carbocycles. The van der Waals surface area contributed by atoms with Gasteiger partial charge in [-0.2, -0.15) is 13.2 Å². The highest BCUT2D eigenvalue weighted by molar-refractivity contribution is 5.94. The molecule has 3 aliphatic rings. The molecule has 48 heavy (non-hydrogen) atoms. The Labute approximate surface area is 277 Å². The Kier molecular flexibility index (Phi) is 10.4. The number of alkyl halides is 3. The van der Waals surface area contributed by atoms with E-state index >= 15 is 0 Å². The van der Waals surface area contributed by atoms with Gasteiger partial charge in [0.2, 0.25) is 11.8 Å². The summed E-state index contributed by atoms with van der Waals surface area (Å²) in [5, 5.41) is 7.71. The number of carbonyl (C=O) groups excluding carboxylic acids is 4. The Bertz CT molecular complexity index is 1570. The van der Waals surface area contributed by atoms with E-state index in [9.17, 15) is 32.3 Å². The van der Waals surface area contributed by atoms with Crippen LogP contribution in [0.4, 0.5) is 13.2 Å². The number of benzene rings is 1. The van der Waals surface area contributed by atoms with E-state index in [0.29, 0.717) is 36.2 Å². The standard InChI is InChI=1S/C34H43F3N6O5/c1-20(2)28-29(44)38-21(3)30(45)43-15-5-6-26(41-43)31(46)48-22(4)25-10-9-24-8-7-23(18-27(24)39-25)11-12-33(32(47)40-28)13-16-42(17-14-33)19-34(35,36)37/h7-12,18,20-22,26,28,41H,5-6,13-17,19H2,1-4H3,(H,38,44)(H,40,47)/t21-,22+,26-,28-/m0/s1. The topological polar surface area (TPSA) is 133 Å². The maximum absolute atomic E-state index is 14.1. The van der Waals surface area contributed by atoms with E-state index in [2.05, 4.69) is 16.1 Å². The number of nitrogens with zero attached hydrogens (tertiary/aromatic N) is 3. The average molecular weight is 673 g/mol. The summed E-state index contributed by atoms with van der Waals surface area (Å²) >= 11 is 0. The first kappa shape index (κ1) is 35.3. The summed E-state index contributed by atoms with van der Waals surface area (Å²) in [6, 6.07) is 6.40. The van der Waals surface area contributed by atoms with Gasteiger partial charge < -0.3 is 15.4 Å². The number of fused-ring (bicyclic) bond motifs is 4. The Balaban J connectivity index is 1.52. The summed E-state index contributed by atoms with van der Waals surface area (Å²) in [6.45, 7) is 6.06. The van der Waals surface area contributed by atoms with Crippen molar-refractivity contribution in [3.63, 3.8) is 0 Å². The summed E-state index contributed by atoms with van der Waals surface area (Å²) < 4.78 is 45.4. The number of hydrazine groups is 1. The van der Waals surface area contributed by atoms with E-state index in [-0.39, 0.29) is 31.8 Å². The van der Waals surface area contributed by atoms with Crippen LogP contribution in [0.1, 0.15) is 70.7 Å². The van der Waals surface area contributed by atoms with Gasteiger partial charge in [-0.3, -0.25) is 29.1 Å². The fourth-order valence-corrected chi connectivity index (χ4v) is 6.42. The van der Waals surface area contributed by atoms with Crippen molar-refractivity contribution in [3.05, 3.63) is 47.7 Å². The number of esters is 1. The summed E-state index contributed by atoms with van der Waals surface area (Å²) in [5.74, 6) is -2.42. The third-order valence-corrected chi connectivity index (χ3v) is 9.35. The van der Waals surface area contributed by atoms with Crippen LogP contribution in [0, 0.1) is 11.3 Å². The molecule has 1 spiro atoms. The number of pyridine rings is 1. The number of aromatic nitrogens is 1. The van der Waals surface area contributed by atoms with Gasteiger partial charge in [-0.05, 0) is 76.2 Å². The van der Waals surface area contributed by atoms with E-state index in [1.54, 1.807) is 39.0 Å². The molecule has 1 aromatic carbocycles. The first-order valence-corrected chi connectivity index (χ1v) is 16.4. The van der Waals surface area contributed by atoms with Crippen molar-refractivity contribution in [1.82, 2.24) is 31.0 Å². The zero-order valence-electron chi connectivity index (χ0n) is 27.6. The number of rotatable bonds is 2. The molecule has 0 radical (unpaired) electrons. The monoisotopic (exact) mass is 672 g/mol. The molecule has 5 bridgehead atoms. The Morgan fingerprint density at radius 3 is 2.42 bits per heavy atom. The maximum Gasteiger partial charge on any atom is 0.401 e. The largest absolute Gasteiger partial charge is 0.455 e. The lowest BCUT2D eigenvalue weighted by atomic mass is 9.76. The second kappa shape index (κ2) is 14.2. The van der Waals surface area contributed by atoms with E-state index in [4.69, 9.17) is 9.72 Å². The predicted octanol–water partition coefficient (Wildman–Crippen LogP) is 3.65. The Hall–Kier alpha value is -4.04. The lowest BCUT2D eigenvalue weighted by Crippen LogP contribution is -2.61. The highest BCUT2D eigenvalue weighted by Crippen LogP contribution is 2.36. The number of hydrogen-bond acceptors (Lipinski definition) is 8. The van der Waals surface area contributed by atoms with Crippen molar-refractivity contribution in [3.8, 4) is 0 Å². The van der Waals surface area contributed by atoms with Crippen LogP contribution in [0.25, 0.3) is 17.0 Å². The maximum atomic E-state index is 14.1. The SMILES string of the molecule is CC(C)[C@@H]1NC(=O)C2(C=Cc3ccc4ccc(nc4c3)[C@@H](C)OC(=O)[C@@H]3CCCN(N3)C(=O)[C@H](C)NC1=O)CCN(CC(F)(F)F)CC2. The zero-order chi connectivity index (χ0) is 34.8. The van der Waals surface area contributed by atoms with Gasteiger partial charge in [-0.1, -0.05) is 44.2 Å². The summed E-state index contributed by atoms with van der Waals surface area (Å²) in [6.07, 6.45) is -0.400. The lowest BCUT2D eigenvalue weighted by Gasteiger charge is -2.40. The molecule has 3 N–H and O–H groups in total. The number of nitrogens with one attached hydrogen (secondary N) is 3. The molecule has 14 heteroatoms. The minimum absolute atomic E-state index is 0.0322. The van der Waals surface area contributed by atoms with Crippen LogP contribution in [0.5, 0.6) is 0 Å². The third kappa shape index (κ3) is 8.15. The van der Waals surface area contributed by atoms with Crippen molar-refractivity contribution >= 4 is 40.7 Å². The minimum Gasteiger partial charge on any atom is -0.455 e. The molecular formula is C34H43F3N6O5. The van der Waals surface area contributed by atoms with Gasteiger partial charge >= 0.3 is 12.1 Å². The normalized spacial score (nSPS) is 26.5. The van der Waals surface area contributed by atoms with Gasteiger partial charge in [-0.15, -0.1) is 0 Å². The predicted molar refractivity (Wildman–Crippen MR) is 172 cm³/mol. The van der Waals surface area contributed by atoms with Gasteiger partial charge in [-0.25, -0.2) is 10.4 Å². The van der Waals surface area contributed by atoms with Gasteiger partial charge in [0.25, 0.3) is 5.91 Å². The molecule has 0 saturated carbocycles. The summed E-state index contributed by atoms with van der Waals surface area (Å²) in [5.41, 5.74) is 3.61. The molecule has 4 atom stereocenters. The third-order valence-electron chi connectivity index (χ3n) is 9.35. The van der Waals surface area contributed by atoms with Crippen molar-refractivity contribution < 1.29 is 37.1 Å². The second-order valence-electron chi connectivity index (χ2n) is 13.4. The lowest BCUT2D eigenvalue weighted by molar-refractivity contribution is -0.157. The fourth-order valence-electron chi connectivity index (χ4n) is 6.42. The number of carbonyl (C=O) groups is 4. The fraction of sp³-hybridized carbons (Fsp3) is 0.559. The van der Waals surface area contributed by atoms with Crippen LogP contribution in [0.3, 0.4) is 0 Å². The molecule has 2 aromatic rings. The zero-order valence-corrected chi connectivity index (χ0v) is 27.6. The first-order chi connectivity index (χ1) is 22.6. The number of likely N-dealkylation sites (tertiary alicyclic amines) is 1. The number of piperidine rings is 1. The molecular weight excluding hydrogens is 629 g/mol. The van der Waals surface area contributed by atoms with Crippen LogP contribution >= 0.6 is 0 Å². The molecule has 4 heterocycles. The molecule has 2 saturated heterocycles. The number of ether oxygens (including phenoxy) is 1. The van der Waals surface area contributed by atoms with Gasteiger partial charge in [0.1, 0.15) is 24.2 Å². The van der Waals surface area contributed by atoms with Crippen molar-refractivity contribution in [1.29, 1.82) is 0 Å². The van der Waals surface area contributed by atoms with Crippen LogP contribution < -0.4 is 16.1 Å². The number of hydrogen-bond donors (Lipinski definition) is 3. The van der Waals surface area contributed by atoms with Gasteiger partial charge in [0.05, 0.1) is 23.2 Å². The molecule has 260 valence electrons. The summed E-state index contributed by atoms with van der Waals surface area (Å²) in [7, 11) is 0. The highest BCUT2D eigenvalue weighted by atomic mass is 19.4. The smallest absolute Gasteiger partial charge is 0.401 e. The van der Waals surface area contributed by atoms with Gasteiger partial charge in [0, 0.05) is 11.9 Å². The quantitative estimate of drug-likeness (QED) is 0.412. The first-order valence-electron chi connectivity index (χ1n) is 16.4. The van der Waals surface area contributed by atoms with Crippen LogP contribution in [0.15, 0.2) is 36.4 Å². The molecule has 2 fully saturated rings. The number of cyclic esters (lactones) is 1. The molecule has 5 rings (SSSR count). The van der Waals surface area contributed by atoms with Crippen LogP contribution in [0.2, 0.25) is 0 Å². The Morgan fingerprint density at radius 1 is 1.02 bits per heavy atom. The molecule has 3 aliphatic heterocycles. The van der Waals surface area contributed by atoms with Crippen molar-refractivity contribution in [2.24, 2.45) is 11.3 Å². The summed E-state index contributed by atoms with van der Waals surface area (Å²) in [4.78, 5) is 60.2. The van der Waals surface area contributed by atoms with Crippen molar-refractivity contribution in [2.75, 3.05) is 26.2 Å². The van der Waals surface area contributed by atoms with E-state index in [0.717, 1.165) is 5.39 Å². The highest BCUT2D eigenvalue weighted by Gasteiger charge is 2.43. The van der Waals surface area contributed by atoms with E-state index in [1.807, 2.05) is 24.3 Å². The average Bonchev–Trinajstić information content (AvgIpc) is 3.04. The minimum atomic E-state index is -4.37. The second-order valence-corrected chi connectivity index (χ2v) is 13.4. The molecule has 3 amide bonds. The number of halogens is 3. The van der Waals surface area contributed by atoms with Crippen molar-refractivity contribution in [2.45, 2.75) is 83.8 Å². The number of amides is 3. The van der Waals surface area contributed by atoms with Crippen LogP contribution in [-0.4, -0.2) is 89.1 Å². The Morgan fingerprint density at radius 2 is 1.73 bits per heavy atom. The molecule has 11 nitrogen and oxygen atoms in total.